The van der Waals surface area contributed by atoms with Gasteiger partial charge in [-0.05, 0) is 12.1 Å². The van der Waals surface area contributed by atoms with E-state index in [1.54, 1.807) is 18.2 Å². The Morgan fingerprint density at radius 2 is 1.95 bits per heavy atom. The average molecular weight is 281 g/mol. The van der Waals surface area contributed by atoms with Crippen molar-refractivity contribution in [3.8, 4) is 11.5 Å². The minimum Gasteiger partial charge on any atom is -0.493 e. The van der Waals surface area contributed by atoms with Crippen molar-refractivity contribution < 1.29 is 19.1 Å². The third kappa shape index (κ3) is 4.43. The number of carbonyl (C=O) groups excluding carboxylic acids is 2. The van der Waals surface area contributed by atoms with E-state index in [9.17, 15) is 9.59 Å². The molecule has 0 aliphatic carbocycles. The molecule has 7 heteroatoms. The summed E-state index contributed by atoms with van der Waals surface area (Å²) in [5.41, 5.74) is 5.34. The first-order chi connectivity index (χ1) is 9.60. The van der Waals surface area contributed by atoms with Gasteiger partial charge in [-0.2, -0.15) is 0 Å². The number of benzene rings is 1. The van der Waals surface area contributed by atoms with Crippen LogP contribution in [0.15, 0.2) is 24.3 Å². The smallest absolute Gasteiger partial charge is 0.326 e. The van der Waals surface area contributed by atoms with Gasteiger partial charge in [0.05, 0.1) is 7.11 Å². The third-order valence-corrected chi connectivity index (χ3v) is 2.50. The zero-order valence-corrected chi connectivity index (χ0v) is 11.6. The number of carbonyl (C=O) groups is 2. The summed E-state index contributed by atoms with van der Waals surface area (Å²) < 4.78 is 10.5. The molecule has 3 N–H and O–H groups in total. The molecule has 0 fully saturated rings. The predicted molar refractivity (Wildman–Crippen MR) is 73.5 cm³/mol. The lowest BCUT2D eigenvalue weighted by Gasteiger charge is -2.19. The summed E-state index contributed by atoms with van der Waals surface area (Å²) in [6.07, 6.45) is 0. The number of hydrogen-bond donors (Lipinski definition) is 2. The molecule has 0 unspecified atom stereocenters. The van der Waals surface area contributed by atoms with Crippen LogP contribution in [-0.2, 0) is 4.79 Å². The van der Waals surface area contributed by atoms with Crippen molar-refractivity contribution in [2.24, 2.45) is 5.73 Å². The number of ether oxygens (including phenoxy) is 2. The number of imide groups is 1. The molecule has 7 nitrogen and oxygen atoms in total. The van der Waals surface area contributed by atoms with Crippen LogP contribution in [0.3, 0.4) is 0 Å². The lowest BCUT2D eigenvalue weighted by molar-refractivity contribution is -0.125. The Morgan fingerprint density at radius 3 is 2.50 bits per heavy atom. The van der Waals surface area contributed by atoms with Gasteiger partial charge < -0.3 is 20.5 Å². The van der Waals surface area contributed by atoms with E-state index in [-0.39, 0.29) is 25.7 Å². The van der Waals surface area contributed by atoms with E-state index in [4.69, 9.17) is 15.2 Å². The van der Waals surface area contributed by atoms with E-state index in [0.717, 1.165) is 4.90 Å². The molecule has 0 saturated carbocycles. The molecular formula is C13H19N3O4. The van der Waals surface area contributed by atoms with Gasteiger partial charge in [-0.1, -0.05) is 12.1 Å². The highest BCUT2D eigenvalue weighted by Gasteiger charge is 2.16. The Morgan fingerprint density at radius 1 is 1.30 bits per heavy atom. The molecule has 0 saturated heterocycles. The van der Waals surface area contributed by atoms with Gasteiger partial charge in [0, 0.05) is 20.0 Å². The molecule has 0 atom stereocenters. The predicted octanol–water partition coefficient (Wildman–Crippen LogP) is 0.548. The molecule has 0 heterocycles. The standard InChI is InChI=1S/C13H19N3O4/c1-10(17)16(8-7-14)13(18)15-9-20-12-6-4-3-5-11(12)19-2/h3-6H,7-9,14H2,1-2H3,(H,15,18). The number of methoxy groups -OCH3 is 1. The third-order valence-electron chi connectivity index (χ3n) is 2.50. The number of rotatable bonds is 6. The SMILES string of the molecule is COc1ccccc1OCNC(=O)N(CCN)C(C)=O. The van der Waals surface area contributed by atoms with Gasteiger partial charge in [-0.3, -0.25) is 9.69 Å². The van der Waals surface area contributed by atoms with E-state index in [1.165, 1.54) is 14.0 Å². The second-order valence-corrected chi connectivity index (χ2v) is 3.88. The molecule has 0 bridgehead atoms. The number of nitrogens with zero attached hydrogens (tertiary/aromatic N) is 1. The summed E-state index contributed by atoms with van der Waals surface area (Å²) in [5.74, 6) is 0.695. The Labute approximate surface area is 117 Å². The molecule has 110 valence electrons. The highest BCUT2D eigenvalue weighted by atomic mass is 16.5. The number of para-hydroxylation sites is 2. The molecule has 1 aromatic rings. The van der Waals surface area contributed by atoms with Crippen LogP contribution in [0.5, 0.6) is 11.5 Å². The van der Waals surface area contributed by atoms with Crippen molar-refractivity contribution in [3.63, 3.8) is 0 Å². The summed E-state index contributed by atoms with van der Waals surface area (Å²) in [4.78, 5) is 24.0. The summed E-state index contributed by atoms with van der Waals surface area (Å²) in [6, 6.07) is 6.51. The molecule has 1 rings (SSSR count). The fraction of sp³-hybridized carbons (Fsp3) is 0.385. The van der Waals surface area contributed by atoms with Crippen LogP contribution >= 0.6 is 0 Å². The molecule has 0 aromatic heterocycles. The first-order valence-electron chi connectivity index (χ1n) is 6.12. The second kappa shape index (κ2) is 8.00. The van der Waals surface area contributed by atoms with E-state index in [0.29, 0.717) is 11.5 Å². The van der Waals surface area contributed by atoms with Crippen LogP contribution in [0.4, 0.5) is 4.79 Å². The molecule has 1 aromatic carbocycles. The van der Waals surface area contributed by atoms with Crippen LogP contribution in [0.1, 0.15) is 6.92 Å². The number of nitrogens with one attached hydrogen (secondary N) is 1. The minimum atomic E-state index is -0.544. The van der Waals surface area contributed by atoms with E-state index in [1.807, 2.05) is 6.07 Å². The lowest BCUT2D eigenvalue weighted by Crippen LogP contribution is -2.46. The van der Waals surface area contributed by atoms with Crippen LogP contribution in [0, 0.1) is 0 Å². The maximum atomic E-state index is 11.7. The van der Waals surface area contributed by atoms with E-state index >= 15 is 0 Å². The van der Waals surface area contributed by atoms with Gasteiger partial charge in [-0.25, -0.2) is 4.79 Å². The Balaban J connectivity index is 2.50. The average Bonchev–Trinajstić information content (AvgIpc) is 2.44. The summed E-state index contributed by atoms with van der Waals surface area (Å²) in [6.45, 7) is 1.60. The molecular weight excluding hydrogens is 262 g/mol. The van der Waals surface area contributed by atoms with Gasteiger partial charge in [0.1, 0.15) is 0 Å². The van der Waals surface area contributed by atoms with Crippen LogP contribution in [0.2, 0.25) is 0 Å². The maximum absolute atomic E-state index is 11.7. The lowest BCUT2D eigenvalue weighted by atomic mass is 10.3. The number of urea groups is 1. The first kappa shape index (κ1) is 15.8. The summed E-state index contributed by atoms with van der Waals surface area (Å²) >= 11 is 0. The highest BCUT2D eigenvalue weighted by Crippen LogP contribution is 2.25. The first-order valence-corrected chi connectivity index (χ1v) is 6.12. The van der Waals surface area contributed by atoms with Gasteiger partial charge in [0.25, 0.3) is 0 Å². The second-order valence-electron chi connectivity index (χ2n) is 3.88. The van der Waals surface area contributed by atoms with Crippen molar-refractivity contribution >= 4 is 11.9 Å². The number of nitrogens with two attached hydrogens (primary N) is 1. The Kier molecular flexibility index (Phi) is 6.31. The molecule has 0 aliphatic heterocycles. The van der Waals surface area contributed by atoms with Gasteiger partial charge in [-0.15, -0.1) is 0 Å². The largest absolute Gasteiger partial charge is 0.493 e. The molecule has 3 amide bonds. The molecule has 0 aliphatic rings. The zero-order chi connectivity index (χ0) is 15.0. The highest BCUT2D eigenvalue weighted by molar-refractivity contribution is 5.93. The fourth-order valence-corrected chi connectivity index (χ4v) is 1.54. The maximum Gasteiger partial charge on any atom is 0.326 e. The Hall–Kier alpha value is -2.28. The van der Waals surface area contributed by atoms with E-state index in [2.05, 4.69) is 5.32 Å². The van der Waals surface area contributed by atoms with Crippen LogP contribution in [-0.4, -0.2) is 43.8 Å². The monoisotopic (exact) mass is 281 g/mol. The fourth-order valence-electron chi connectivity index (χ4n) is 1.54. The van der Waals surface area contributed by atoms with Gasteiger partial charge >= 0.3 is 6.03 Å². The van der Waals surface area contributed by atoms with E-state index < -0.39 is 6.03 Å². The van der Waals surface area contributed by atoms with Crippen LogP contribution in [0.25, 0.3) is 0 Å². The van der Waals surface area contributed by atoms with Gasteiger partial charge in [0.15, 0.2) is 18.2 Å². The van der Waals surface area contributed by atoms with Crippen LogP contribution < -0.4 is 20.5 Å². The molecule has 0 spiro atoms. The number of amides is 3. The normalized spacial score (nSPS) is 9.75. The number of hydrogen-bond acceptors (Lipinski definition) is 5. The quantitative estimate of drug-likeness (QED) is 0.743. The van der Waals surface area contributed by atoms with Gasteiger partial charge in [0.2, 0.25) is 5.91 Å². The molecule has 20 heavy (non-hydrogen) atoms. The zero-order valence-electron chi connectivity index (χ0n) is 11.6. The Bertz CT molecular complexity index is 465. The topological polar surface area (TPSA) is 93.9 Å². The van der Waals surface area contributed by atoms with Crippen molar-refractivity contribution in [1.82, 2.24) is 10.2 Å². The van der Waals surface area contributed by atoms with Crippen molar-refractivity contribution in [2.75, 3.05) is 26.9 Å². The minimum absolute atomic E-state index is 0.0758. The molecule has 0 radical (unpaired) electrons. The summed E-state index contributed by atoms with van der Waals surface area (Å²) in [5, 5.41) is 2.48. The van der Waals surface area contributed by atoms with Crippen molar-refractivity contribution in [3.05, 3.63) is 24.3 Å². The van der Waals surface area contributed by atoms with Crippen molar-refractivity contribution in [1.29, 1.82) is 0 Å². The summed E-state index contributed by atoms with van der Waals surface area (Å²) in [7, 11) is 1.53. The van der Waals surface area contributed by atoms with Crippen molar-refractivity contribution in [2.45, 2.75) is 6.92 Å².